The molecule has 5 aromatic rings. The molecule has 0 saturated carbocycles. The number of rotatable bonds is 6. The molecule has 0 aliphatic carbocycles. The minimum absolute atomic E-state index is 0.608. The van der Waals surface area contributed by atoms with Crippen molar-refractivity contribution in [2.24, 2.45) is 0 Å². The van der Waals surface area contributed by atoms with Gasteiger partial charge in [-0.15, -0.1) is 0 Å². The molecule has 0 aliphatic rings. The van der Waals surface area contributed by atoms with Crippen LogP contribution in [0.4, 0.5) is 17.4 Å². The van der Waals surface area contributed by atoms with E-state index in [4.69, 9.17) is 16.6 Å². The summed E-state index contributed by atoms with van der Waals surface area (Å²) in [6.07, 6.45) is 3.27. The minimum atomic E-state index is 0.608. The maximum atomic E-state index is 5.56. The SMILES string of the molecule is CCn1c(=S)[nH]c2cc3c(NCc4ccccc4N(C)c4ccco4)ncnc3cc21. The van der Waals surface area contributed by atoms with Gasteiger partial charge in [-0.3, -0.25) is 0 Å². The summed E-state index contributed by atoms with van der Waals surface area (Å²) >= 11 is 5.45. The molecular weight excluding hydrogens is 408 g/mol. The van der Waals surface area contributed by atoms with Gasteiger partial charge in [0.05, 0.1) is 22.8 Å². The molecule has 0 radical (unpaired) electrons. The van der Waals surface area contributed by atoms with E-state index >= 15 is 0 Å². The molecule has 8 heteroatoms. The van der Waals surface area contributed by atoms with E-state index in [0.29, 0.717) is 11.3 Å². The van der Waals surface area contributed by atoms with E-state index in [0.717, 1.165) is 51.4 Å². The van der Waals surface area contributed by atoms with Crippen LogP contribution < -0.4 is 10.2 Å². The van der Waals surface area contributed by atoms with Gasteiger partial charge < -0.3 is 24.2 Å². The molecular formula is C23H22N6OS. The molecule has 2 N–H and O–H groups in total. The third kappa shape index (κ3) is 3.44. The van der Waals surface area contributed by atoms with Crippen LogP contribution in [0.1, 0.15) is 12.5 Å². The molecule has 0 fully saturated rings. The molecule has 2 aromatic carbocycles. The minimum Gasteiger partial charge on any atom is -0.448 e. The largest absolute Gasteiger partial charge is 0.448 e. The number of fused-ring (bicyclic) bond motifs is 2. The van der Waals surface area contributed by atoms with Gasteiger partial charge in [0.15, 0.2) is 10.7 Å². The smallest absolute Gasteiger partial charge is 0.199 e. The number of aryl methyl sites for hydroxylation is 1. The predicted octanol–water partition coefficient (Wildman–Crippen LogP) is 5.63. The fourth-order valence-electron chi connectivity index (χ4n) is 3.91. The summed E-state index contributed by atoms with van der Waals surface area (Å²) in [6, 6.07) is 16.2. The standard InChI is InChI=1S/C23H22N6OS/c1-3-29-20-12-17-16(11-18(20)27-23(29)31)22(26-14-25-17)24-13-15-7-4-5-8-19(15)28(2)21-9-6-10-30-21/h4-12,14H,3,13H2,1-2H3,(H,27,31)(H,24,25,26). The van der Waals surface area contributed by atoms with Gasteiger partial charge >= 0.3 is 0 Å². The third-order valence-electron chi connectivity index (χ3n) is 5.48. The Morgan fingerprint density at radius 3 is 2.84 bits per heavy atom. The molecule has 7 nitrogen and oxygen atoms in total. The number of nitrogens with zero attached hydrogens (tertiary/aromatic N) is 4. The van der Waals surface area contributed by atoms with E-state index in [1.807, 2.05) is 36.2 Å². The molecule has 0 aliphatic heterocycles. The average molecular weight is 431 g/mol. The molecule has 0 spiro atoms. The number of aromatic amines is 1. The van der Waals surface area contributed by atoms with Crippen LogP contribution in [-0.4, -0.2) is 26.6 Å². The van der Waals surface area contributed by atoms with Crippen molar-refractivity contribution in [2.75, 3.05) is 17.3 Å². The summed E-state index contributed by atoms with van der Waals surface area (Å²) in [6.45, 7) is 3.50. The number of imidazole rings is 1. The van der Waals surface area contributed by atoms with E-state index in [1.54, 1.807) is 12.6 Å². The maximum absolute atomic E-state index is 5.56. The van der Waals surface area contributed by atoms with Crippen LogP contribution in [0.2, 0.25) is 0 Å². The molecule has 5 rings (SSSR count). The maximum Gasteiger partial charge on any atom is 0.199 e. The first kappa shape index (κ1) is 19.3. The Morgan fingerprint density at radius 2 is 2.03 bits per heavy atom. The predicted molar refractivity (Wildman–Crippen MR) is 126 cm³/mol. The Morgan fingerprint density at radius 1 is 1.16 bits per heavy atom. The first-order valence-corrected chi connectivity index (χ1v) is 10.5. The number of hydrogen-bond donors (Lipinski definition) is 2. The van der Waals surface area contributed by atoms with Crippen LogP contribution in [0.15, 0.2) is 65.5 Å². The lowest BCUT2D eigenvalue weighted by Gasteiger charge is -2.20. The molecule has 156 valence electrons. The lowest BCUT2D eigenvalue weighted by atomic mass is 10.1. The monoisotopic (exact) mass is 430 g/mol. The quantitative estimate of drug-likeness (QED) is 0.340. The zero-order valence-corrected chi connectivity index (χ0v) is 18.1. The number of furan rings is 1. The summed E-state index contributed by atoms with van der Waals surface area (Å²) in [5.41, 5.74) is 5.10. The lowest BCUT2D eigenvalue weighted by molar-refractivity contribution is 0.569. The van der Waals surface area contributed by atoms with Crippen LogP contribution in [0.5, 0.6) is 0 Å². The summed E-state index contributed by atoms with van der Waals surface area (Å²) in [4.78, 5) is 14.3. The van der Waals surface area contributed by atoms with Crippen molar-refractivity contribution in [3.8, 4) is 0 Å². The zero-order chi connectivity index (χ0) is 21.4. The lowest BCUT2D eigenvalue weighted by Crippen LogP contribution is -2.13. The van der Waals surface area contributed by atoms with Gasteiger partial charge in [-0.25, -0.2) is 9.97 Å². The Bertz CT molecular complexity index is 1420. The van der Waals surface area contributed by atoms with Crippen LogP contribution in [0.3, 0.4) is 0 Å². The number of hydrogen-bond acceptors (Lipinski definition) is 6. The molecule has 0 atom stereocenters. The van der Waals surface area contributed by atoms with E-state index in [2.05, 4.69) is 56.0 Å². The normalized spacial score (nSPS) is 11.3. The Balaban J connectivity index is 1.49. The highest BCUT2D eigenvalue weighted by Crippen LogP contribution is 2.29. The molecule has 31 heavy (non-hydrogen) atoms. The second-order valence-electron chi connectivity index (χ2n) is 7.28. The van der Waals surface area contributed by atoms with Crippen LogP contribution in [-0.2, 0) is 13.1 Å². The molecule has 0 unspecified atom stereocenters. The van der Waals surface area contributed by atoms with E-state index < -0.39 is 0 Å². The molecule has 0 saturated heterocycles. The Labute approximate surface area is 184 Å². The third-order valence-corrected chi connectivity index (χ3v) is 5.81. The molecule has 0 amide bonds. The van der Waals surface area contributed by atoms with Gasteiger partial charge in [-0.2, -0.15) is 0 Å². The molecule has 3 heterocycles. The first-order chi connectivity index (χ1) is 15.2. The highest BCUT2D eigenvalue weighted by Gasteiger charge is 2.13. The number of para-hydroxylation sites is 1. The van der Waals surface area contributed by atoms with Gasteiger partial charge in [-0.05, 0) is 49.0 Å². The van der Waals surface area contributed by atoms with E-state index in [9.17, 15) is 0 Å². The van der Waals surface area contributed by atoms with E-state index in [-0.39, 0.29) is 0 Å². The molecule has 0 bridgehead atoms. The van der Waals surface area contributed by atoms with Gasteiger partial charge in [0.25, 0.3) is 0 Å². The van der Waals surface area contributed by atoms with Crippen molar-refractivity contribution in [2.45, 2.75) is 20.0 Å². The molecule has 3 aromatic heterocycles. The highest BCUT2D eigenvalue weighted by molar-refractivity contribution is 7.71. The summed E-state index contributed by atoms with van der Waals surface area (Å²) in [7, 11) is 2.00. The number of aromatic nitrogens is 4. The van der Waals surface area contributed by atoms with Gasteiger partial charge in [0, 0.05) is 37.3 Å². The number of benzene rings is 2. The topological polar surface area (TPSA) is 74.9 Å². The summed E-state index contributed by atoms with van der Waals surface area (Å²) < 4.78 is 8.34. The van der Waals surface area contributed by atoms with Gasteiger partial charge in [-0.1, -0.05) is 18.2 Å². The van der Waals surface area contributed by atoms with E-state index in [1.165, 1.54) is 0 Å². The van der Waals surface area contributed by atoms with Gasteiger partial charge in [0.2, 0.25) is 0 Å². The Kier molecular flexibility index (Phi) is 4.91. The Hall–Kier alpha value is -3.65. The van der Waals surface area contributed by atoms with Crippen molar-refractivity contribution in [3.05, 3.63) is 71.5 Å². The fraction of sp³-hybridized carbons (Fsp3) is 0.174. The van der Waals surface area contributed by atoms with Crippen molar-refractivity contribution in [1.82, 2.24) is 19.5 Å². The average Bonchev–Trinajstić information content (AvgIpc) is 3.43. The van der Waals surface area contributed by atoms with Crippen LogP contribution >= 0.6 is 12.2 Å². The summed E-state index contributed by atoms with van der Waals surface area (Å²) in [5.74, 6) is 1.57. The summed E-state index contributed by atoms with van der Waals surface area (Å²) in [5, 5.41) is 4.44. The van der Waals surface area contributed by atoms with Crippen molar-refractivity contribution < 1.29 is 4.42 Å². The van der Waals surface area contributed by atoms with Crippen LogP contribution in [0.25, 0.3) is 21.9 Å². The first-order valence-electron chi connectivity index (χ1n) is 10.1. The zero-order valence-electron chi connectivity index (χ0n) is 17.3. The highest BCUT2D eigenvalue weighted by atomic mass is 32.1. The number of anilines is 3. The fourth-order valence-corrected chi connectivity index (χ4v) is 4.25. The van der Waals surface area contributed by atoms with Crippen molar-refractivity contribution in [3.63, 3.8) is 0 Å². The number of H-pyrrole nitrogens is 1. The van der Waals surface area contributed by atoms with Crippen molar-refractivity contribution in [1.29, 1.82) is 0 Å². The second-order valence-corrected chi connectivity index (χ2v) is 7.66. The van der Waals surface area contributed by atoms with Crippen molar-refractivity contribution >= 4 is 51.5 Å². The number of nitrogens with one attached hydrogen (secondary N) is 2. The van der Waals surface area contributed by atoms with Gasteiger partial charge in [0.1, 0.15) is 12.1 Å². The second kappa shape index (κ2) is 7.88. The van der Waals surface area contributed by atoms with Crippen LogP contribution in [0, 0.1) is 4.77 Å².